The number of ether oxygens (including phenoxy) is 1. The summed E-state index contributed by atoms with van der Waals surface area (Å²) in [4.78, 5) is 21.0. The van der Waals surface area contributed by atoms with E-state index in [1.807, 2.05) is 0 Å². The van der Waals surface area contributed by atoms with Gasteiger partial charge in [0.05, 0.1) is 12.0 Å². The second-order valence-electron chi connectivity index (χ2n) is 3.46. The van der Waals surface area contributed by atoms with Crippen LogP contribution >= 0.6 is 0 Å². The van der Waals surface area contributed by atoms with Crippen molar-refractivity contribution in [3.63, 3.8) is 0 Å². The number of esters is 1. The third-order valence-corrected chi connectivity index (χ3v) is 2.29. The summed E-state index contributed by atoms with van der Waals surface area (Å²) in [6.45, 7) is 0. The highest BCUT2D eigenvalue weighted by atomic mass is 19.1. The number of nitrogens with zero attached hydrogens (tertiary/aromatic N) is 1. The van der Waals surface area contributed by atoms with Gasteiger partial charge >= 0.3 is 5.97 Å². The predicted octanol–water partition coefficient (Wildman–Crippen LogP) is 2.23. The molecule has 1 aromatic carbocycles. The summed E-state index contributed by atoms with van der Waals surface area (Å²) in [5, 5.41) is 10.7. The molecule has 0 N–H and O–H groups in total. The van der Waals surface area contributed by atoms with Gasteiger partial charge in [0.1, 0.15) is 5.82 Å². The van der Waals surface area contributed by atoms with Gasteiger partial charge in [-0.3, -0.25) is 14.9 Å². The standard InChI is InChI=1S/C11H12FNO4/c1-17-11(14)4-2-3-8-7-9(12)5-6-10(8)13(15)16/h5-7H,2-4H2,1H3. The molecule has 0 aliphatic rings. The molecule has 0 bridgehead atoms. The Morgan fingerprint density at radius 1 is 1.53 bits per heavy atom. The van der Waals surface area contributed by atoms with E-state index in [0.717, 1.165) is 18.2 Å². The second kappa shape index (κ2) is 5.93. The highest BCUT2D eigenvalue weighted by Gasteiger charge is 2.14. The molecule has 5 nitrogen and oxygen atoms in total. The molecule has 0 spiro atoms. The lowest BCUT2D eigenvalue weighted by molar-refractivity contribution is -0.385. The van der Waals surface area contributed by atoms with Crippen molar-refractivity contribution in [2.45, 2.75) is 19.3 Å². The highest BCUT2D eigenvalue weighted by molar-refractivity contribution is 5.69. The van der Waals surface area contributed by atoms with E-state index in [0.29, 0.717) is 12.0 Å². The monoisotopic (exact) mass is 241 g/mol. The van der Waals surface area contributed by atoms with Gasteiger partial charge < -0.3 is 4.74 Å². The fraction of sp³-hybridized carbons (Fsp3) is 0.364. The molecule has 0 heterocycles. The van der Waals surface area contributed by atoms with Crippen LogP contribution in [0.5, 0.6) is 0 Å². The van der Waals surface area contributed by atoms with Gasteiger partial charge in [-0.15, -0.1) is 0 Å². The third-order valence-electron chi connectivity index (χ3n) is 2.29. The summed E-state index contributed by atoms with van der Waals surface area (Å²) in [5.41, 5.74) is 0.162. The van der Waals surface area contributed by atoms with Crippen molar-refractivity contribution in [2.24, 2.45) is 0 Å². The zero-order valence-corrected chi connectivity index (χ0v) is 9.31. The fourth-order valence-electron chi connectivity index (χ4n) is 1.46. The molecule has 1 aromatic rings. The molecule has 0 radical (unpaired) electrons. The first-order chi connectivity index (χ1) is 8.04. The first-order valence-corrected chi connectivity index (χ1v) is 5.04. The number of aryl methyl sites for hydroxylation is 1. The number of methoxy groups -OCH3 is 1. The largest absolute Gasteiger partial charge is 0.469 e. The molecular weight excluding hydrogens is 229 g/mol. The number of halogens is 1. The van der Waals surface area contributed by atoms with Crippen molar-refractivity contribution in [2.75, 3.05) is 7.11 Å². The van der Waals surface area contributed by atoms with Gasteiger partial charge in [0.2, 0.25) is 0 Å². The van der Waals surface area contributed by atoms with E-state index in [2.05, 4.69) is 4.74 Å². The maximum Gasteiger partial charge on any atom is 0.305 e. The van der Waals surface area contributed by atoms with Crippen molar-refractivity contribution in [3.05, 3.63) is 39.7 Å². The molecule has 0 atom stereocenters. The van der Waals surface area contributed by atoms with E-state index in [-0.39, 0.29) is 24.5 Å². The summed E-state index contributed by atoms with van der Waals surface area (Å²) in [7, 11) is 1.27. The van der Waals surface area contributed by atoms with Crippen molar-refractivity contribution >= 4 is 11.7 Å². The van der Waals surface area contributed by atoms with E-state index in [4.69, 9.17) is 0 Å². The van der Waals surface area contributed by atoms with Crippen LogP contribution in [0.25, 0.3) is 0 Å². The van der Waals surface area contributed by atoms with Crippen molar-refractivity contribution in [1.82, 2.24) is 0 Å². The minimum atomic E-state index is -0.563. The zero-order chi connectivity index (χ0) is 12.8. The summed E-state index contributed by atoms with van der Waals surface area (Å²) in [5.74, 6) is -0.910. The average Bonchev–Trinajstić information content (AvgIpc) is 2.28. The molecular formula is C11H12FNO4. The molecule has 0 saturated carbocycles. The lowest BCUT2D eigenvalue weighted by Crippen LogP contribution is -2.02. The molecule has 0 unspecified atom stereocenters. The third kappa shape index (κ3) is 3.82. The lowest BCUT2D eigenvalue weighted by atomic mass is 10.1. The van der Waals surface area contributed by atoms with Gasteiger partial charge in [0.15, 0.2) is 0 Å². The van der Waals surface area contributed by atoms with Crippen LogP contribution < -0.4 is 0 Å². The normalized spacial score (nSPS) is 10.0. The van der Waals surface area contributed by atoms with E-state index < -0.39 is 10.7 Å². The molecule has 17 heavy (non-hydrogen) atoms. The van der Waals surface area contributed by atoms with Crippen molar-refractivity contribution < 1.29 is 18.8 Å². The van der Waals surface area contributed by atoms with E-state index in [1.54, 1.807) is 0 Å². The lowest BCUT2D eigenvalue weighted by Gasteiger charge is -2.02. The molecule has 0 aromatic heterocycles. The van der Waals surface area contributed by atoms with Gasteiger partial charge in [-0.25, -0.2) is 4.39 Å². The number of benzene rings is 1. The summed E-state index contributed by atoms with van der Waals surface area (Å²) in [6.07, 6.45) is 0.810. The molecule has 1 rings (SSSR count). The van der Waals surface area contributed by atoms with Crippen LogP contribution in [0.4, 0.5) is 10.1 Å². The Hall–Kier alpha value is -1.98. The van der Waals surface area contributed by atoms with E-state index >= 15 is 0 Å². The topological polar surface area (TPSA) is 69.4 Å². The van der Waals surface area contributed by atoms with Gasteiger partial charge in [0.25, 0.3) is 5.69 Å². The van der Waals surface area contributed by atoms with Gasteiger partial charge in [-0.2, -0.15) is 0 Å². The number of rotatable bonds is 5. The Balaban J connectivity index is 2.72. The Morgan fingerprint density at radius 2 is 2.24 bits per heavy atom. The first-order valence-electron chi connectivity index (χ1n) is 5.04. The van der Waals surface area contributed by atoms with Crippen LogP contribution in [-0.4, -0.2) is 18.0 Å². The molecule has 0 fully saturated rings. The minimum Gasteiger partial charge on any atom is -0.469 e. The van der Waals surface area contributed by atoms with Crippen molar-refractivity contribution in [1.29, 1.82) is 0 Å². The predicted molar refractivity (Wildman–Crippen MR) is 58.0 cm³/mol. The Kier molecular flexibility index (Phi) is 4.56. The Labute approximate surface area is 97.3 Å². The maximum atomic E-state index is 12.9. The summed E-state index contributed by atoms with van der Waals surface area (Å²) >= 11 is 0. The quantitative estimate of drug-likeness (QED) is 0.450. The molecule has 92 valence electrons. The van der Waals surface area contributed by atoms with Gasteiger partial charge in [-0.1, -0.05) is 0 Å². The van der Waals surface area contributed by atoms with Crippen molar-refractivity contribution in [3.8, 4) is 0 Å². The molecule has 0 aliphatic heterocycles. The number of carbonyl (C=O) groups is 1. The SMILES string of the molecule is COC(=O)CCCc1cc(F)ccc1[N+](=O)[O-]. The Morgan fingerprint density at radius 3 is 2.82 bits per heavy atom. The van der Waals surface area contributed by atoms with Gasteiger partial charge in [-0.05, 0) is 25.0 Å². The maximum absolute atomic E-state index is 12.9. The summed E-state index contributed by atoms with van der Waals surface area (Å²) < 4.78 is 17.4. The van der Waals surface area contributed by atoms with Crippen LogP contribution in [-0.2, 0) is 16.0 Å². The highest BCUT2D eigenvalue weighted by Crippen LogP contribution is 2.21. The second-order valence-corrected chi connectivity index (χ2v) is 3.46. The van der Waals surface area contributed by atoms with Crippen LogP contribution in [0.15, 0.2) is 18.2 Å². The van der Waals surface area contributed by atoms with Crippen LogP contribution in [0, 0.1) is 15.9 Å². The van der Waals surface area contributed by atoms with Crippen LogP contribution in [0.3, 0.4) is 0 Å². The number of hydrogen-bond acceptors (Lipinski definition) is 4. The fourth-order valence-corrected chi connectivity index (χ4v) is 1.46. The molecule has 0 amide bonds. The zero-order valence-electron chi connectivity index (χ0n) is 9.31. The van der Waals surface area contributed by atoms with Crippen LogP contribution in [0.2, 0.25) is 0 Å². The molecule has 0 saturated heterocycles. The number of carbonyl (C=O) groups excluding carboxylic acids is 1. The van der Waals surface area contributed by atoms with E-state index in [1.165, 1.54) is 7.11 Å². The van der Waals surface area contributed by atoms with Gasteiger partial charge in [0, 0.05) is 18.1 Å². The molecule has 0 aliphatic carbocycles. The number of hydrogen-bond donors (Lipinski definition) is 0. The number of nitro benzene ring substituents is 1. The number of nitro groups is 1. The first kappa shape index (κ1) is 13.1. The van der Waals surface area contributed by atoms with Crippen LogP contribution in [0.1, 0.15) is 18.4 Å². The molecule has 6 heteroatoms. The minimum absolute atomic E-state index is 0.128. The smallest absolute Gasteiger partial charge is 0.305 e. The van der Waals surface area contributed by atoms with E-state index in [9.17, 15) is 19.3 Å². The Bertz CT molecular complexity index is 433. The average molecular weight is 241 g/mol. The summed E-state index contributed by atoms with van der Waals surface area (Å²) in [6, 6.07) is 3.29.